The minimum Gasteiger partial charge on any atom is -0.450 e. The van der Waals surface area contributed by atoms with Crippen LogP contribution in [0.3, 0.4) is 0 Å². The van der Waals surface area contributed by atoms with Crippen LogP contribution in [0, 0.1) is 0 Å². The third-order valence-electron chi connectivity index (χ3n) is 3.02. The van der Waals surface area contributed by atoms with E-state index in [-0.39, 0.29) is 13.9 Å². The zero-order chi connectivity index (χ0) is 18.2. The molecule has 9 heteroatoms. The van der Waals surface area contributed by atoms with Gasteiger partial charge in [-0.25, -0.2) is 9.59 Å². The van der Waals surface area contributed by atoms with Gasteiger partial charge in [-0.1, -0.05) is 0 Å². The molecule has 1 atom stereocenters. The third-order valence-corrected chi connectivity index (χ3v) is 3.02. The van der Waals surface area contributed by atoms with Gasteiger partial charge >= 0.3 is 12.2 Å². The number of carbonyl (C=O) groups excluding carboxylic acids is 3. The normalized spacial score (nSPS) is 11.3. The number of hydrogen-bond acceptors (Lipinski definition) is 6. The molecular formula is C15H32N4O5. The molecule has 4 N–H and O–H groups in total. The Labute approximate surface area is 144 Å². The maximum Gasteiger partial charge on any atom is 0.407 e. The minimum absolute atomic E-state index is 0. The molecule has 3 amide bonds. The molecule has 0 spiro atoms. The van der Waals surface area contributed by atoms with Gasteiger partial charge in [-0.05, 0) is 40.2 Å². The quantitative estimate of drug-likeness (QED) is 0.384. The van der Waals surface area contributed by atoms with Gasteiger partial charge in [0.05, 0.1) is 13.2 Å². The predicted octanol–water partition coefficient (Wildman–Crippen LogP) is 0.599. The summed E-state index contributed by atoms with van der Waals surface area (Å²) in [6.45, 7) is 5.56. The SMILES string of the molecule is CCOC(=O)NCCCCC(NC(=O)OCC)C(=O)NCCNC.[HH]. The average Bonchev–Trinajstić information content (AvgIpc) is 2.54. The van der Waals surface area contributed by atoms with E-state index in [9.17, 15) is 14.4 Å². The van der Waals surface area contributed by atoms with Crippen LogP contribution < -0.4 is 21.3 Å². The molecule has 24 heavy (non-hydrogen) atoms. The molecule has 0 saturated carbocycles. The highest BCUT2D eigenvalue weighted by atomic mass is 16.6. The highest BCUT2D eigenvalue weighted by Gasteiger charge is 2.20. The molecule has 0 rings (SSSR count). The van der Waals surface area contributed by atoms with E-state index in [4.69, 9.17) is 9.47 Å². The van der Waals surface area contributed by atoms with E-state index in [1.807, 2.05) is 0 Å². The molecule has 0 heterocycles. The number of alkyl carbamates (subject to hydrolysis) is 2. The summed E-state index contributed by atoms with van der Waals surface area (Å²) in [6, 6.07) is -0.663. The molecule has 0 aromatic carbocycles. The standard InChI is InChI=1S/C15H30N4O5.H2/c1-4-23-14(21)18-9-7-6-8-12(19-15(22)24-5-2)13(20)17-11-10-16-3;/h12,16H,4-11H2,1-3H3,(H,17,20)(H,18,21)(H,19,22);1H. The topological polar surface area (TPSA) is 118 Å². The van der Waals surface area contributed by atoms with Crippen molar-refractivity contribution in [2.75, 3.05) is 39.9 Å². The molecule has 0 aliphatic rings. The van der Waals surface area contributed by atoms with Crippen molar-refractivity contribution in [1.82, 2.24) is 21.3 Å². The first-order valence-electron chi connectivity index (χ1n) is 8.31. The van der Waals surface area contributed by atoms with E-state index in [0.717, 1.165) is 0 Å². The molecule has 142 valence electrons. The van der Waals surface area contributed by atoms with Crippen LogP contribution in [0.5, 0.6) is 0 Å². The number of nitrogens with one attached hydrogen (secondary N) is 4. The van der Waals surface area contributed by atoms with Crippen molar-refractivity contribution in [3.05, 3.63) is 0 Å². The second-order valence-electron chi connectivity index (χ2n) is 4.96. The number of carbonyl (C=O) groups is 3. The van der Waals surface area contributed by atoms with Gasteiger partial charge in [-0.3, -0.25) is 4.79 Å². The summed E-state index contributed by atoms with van der Waals surface area (Å²) in [5, 5.41) is 10.8. The maximum absolute atomic E-state index is 12.1. The number of hydrogen-bond donors (Lipinski definition) is 4. The number of amides is 3. The zero-order valence-electron chi connectivity index (χ0n) is 14.8. The van der Waals surface area contributed by atoms with Gasteiger partial charge in [-0.15, -0.1) is 0 Å². The summed E-state index contributed by atoms with van der Waals surface area (Å²) >= 11 is 0. The Kier molecular flexibility index (Phi) is 13.3. The van der Waals surface area contributed by atoms with Crippen molar-refractivity contribution in [3.8, 4) is 0 Å². The lowest BCUT2D eigenvalue weighted by atomic mass is 10.1. The van der Waals surface area contributed by atoms with Crippen LogP contribution in [0.1, 0.15) is 34.5 Å². The first kappa shape index (κ1) is 22.0. The van der Waals surface area contributed by atoms with Gasteiger partial charge in [0, 0.05) is 21.1 Å². The monoisotopic (exact) mass is 348 g/mol. The van der Waals surface area contributed by atoms with Gasteiger partial charge in [0.15, 0.2) is 0 Å². The molecule has 0 radical (unpaired) electrons. The first-order chi connectivity index (χ1) is 11.5. The Morgan fingerprint density at radius 1 is 0.917 bits per heavy atom. The largest absolute Gasteiger partial charge is 0.450 e. The second-order valence-corrected chi connectivity index (χ2v) is 4.96. The number of rotatable bonds is 12. The van der Waals surface area contributed by atoms with E-state index in [0.29, 0.717) is 45.5 Å². The Balaban J connectivity index is 0. The second kappa shape index (κ2) is 14.6. The summed E-state index contributed by atoms with van der Waals surface area (Å²) < 4.78 is 9.57. The fraction of sp³-hybridized carbons (Fsp3) is 0.800. The maximum atomic E-state index is 12.1. The Bertz CT molecular complexity index is 385. The Morgan fingerprint density at radius 2 is 1.58 bits per heavy atom. The molecule has 9 nitrogen and oxygen atoms in total. The van der Waals surface area contributed by atoms with Crippen LogP contribution in [0.2, 0.25) is 0 Å². The van der Waals surface area contributed by atoms with Crippen LogP contribution in [-0.4, -0.2) is 64.0 Å². The van der Waals surface area contributed by atoms with Crippen LogP contribution in [-0.2, 0) is 14.3 Å². The summed E-state index contributed by atoms with van der Waals surface area (Å²) in [5.74, 6) is -0.253. The predicted molar refractivity (Wildman–Crippen MR) is 91.9 cm³/mol. The highest BCUT2D eigenvalue weighted by molar-refractivity contribution is 5.85. The molecule has 0 aromatic rings. The van der Waals surface area contributed by atoms with Crippen molar-refractivity contribution < 1.29 is 25.3 Å². The van der Waals surface area contributed by atoms with Crippen molar-refractivity contribution in [2.24, 2.45) is 0 Å². The van der Waals surface area contributed by atoms with E-state index >= 15 is 0 Å². The van der Waals surface area contributed by atoms with E-state index < -0.39 is 18.2 Å². The van der Waals surface area contributed by atoms with Crippen molar-refractivity contribution in [3.63, 3.8) is 0 Å². The molecule has 0 aliphatic heterocycles. The van der Waals surface area contributed by atoms with Gasteiger partial charge < -0.3 is 30.7 Å². The summed E-state index contributed by atoms with van der Waals surface area (Å²) in [6.07, 6.45) is 0.709. The highest BCUT2D eigenvalue weighted by Crippen LogP contribution is 2.02. The number of likely N-dealkylation sites (N-methyl/N-ethyl adjacent to an activating group) is 1. The van der Waals surface area contributed by atoms with Crippen LogP contribution in [0.25, 0.3) is 0 Å². The van der Waals surface area contributed by atoms with Gasteiger partial charge in [-0.2, -0.15) is 0 Å². The Morgan fingerprint density at radius 3 is 2.21 bits per heavy atom. The summed E-state index contributed by atoms with van der Waals surface area (Å²) in [4.78, 5) is 34.8. The lowest BCUT2D eigenvalue weighted by molar-refractivity contribution is -0.123. The molecule has 1 unspecified atom stereocenters. The first-order valence-corrected chi connectivity index (χ1v) is 8.31. The van der Waals surface area contributed by atoms with Crippen LogP contribution >= 0.6 is 0 Å². The molecular weight excluding hydrogens is 316 g/mol. The molecule has 0 aliphatic carbocycles. The fourth-order valence-electron chi connectivity index (χ4n) is 1.86. The van der Waals surface area contributed by atoms with Gasteiger partial charge in [0.2, 0.25) is 5.91 Å². The fourth-order valence-corrected chi connectivity index (χ4v) is 1.86. The Hall–Kier alpha value is -2.03. The van der Waals surface area contributed by atoms with E-state index in [1.165, 1.54) is 0 Å². The molecule has 0 saturated heterocycles. The summed E-state index contributed by atoms with van der Waals surface area (Å²) in [7, 11) is 1.79. The third kappa shape index (κ3) is 11.5. The summed E-state index contributed by atoms with van der Waals surface area (Å²) in [5.41, 5.74) is 0. The van der Waals surface area contributed by atoms with Crippen LogP contribution in [0.15, 0.2) is 0 Å². The van der Waals surface area contributed by atoms with Crippen molar-refractivity contribution in [1.29, 1.82) is 0 Å². The zero-order valence-corrected chi connectivity index (χ0v) is 14.8. The smallest absolute Gasteiger partial charge is 0.407 e. The lowest BCUT2D eigenvalue weighted by Crippen LogP contribution is -2.48. The number of unbranched alkanes of at least 4 members (excludes halogenated alkanes) is 1. The molecule has 0 bridgehead atoms. The van der Waals surface area contributed by atoms with Crippen molar-refractivity contribution in [2.45, 2.75) is 39.2 Å². The van der Waals surface area contributed by atoms with E-state index in [1.54, 1.807) is 20.9 Å². The van der Waals surface area contributed by atoms with Gasteiger partial charge in [0.25, 0.3) is 0 Å². The van der Waals surface area contributed by atoms with Crippen molar-refractivity contribution >= 4 is 18.1 Å². The molecule has 0 aromatic heterocycles. The molecule has 0 fully saturated rings. The lowest BCUT2D eigenvalue weighted by Gasteiger charge is -2.18. The average molecular weight is 348 g/mol. The number of ether oxygens (including phenoxy) is 2. The van der Waals surface area contributed by atoms with Gasteiger partial charge in [0.1, 0.15) is 6.04 Å². The van der Waals surface area contributed by atoms with Crippen LogP contribution in [0.4, 0.5) is 9.59 Å². The minimum atomic E-state index is -0.663. The van der Waals surface area contributed by atoms with E-state index in [2.05, 4.69) is 21.3 Å².